The van der Waals surface area contributed by atoms with E-state index >= 15 is 0 Å². The van der Waals surface area contributed by atoms with Crippen LogP contribution in [0.3, 0.4) is 0 Å². The van der Waals surface area contributed by atoms with Crippen LogP contribution in [0.4, 0.5) is 5.69 Å². The van der Waals surface area contributed by atoms with Crippen LogP contribution < -0.4 is 16.0 Å². The molecule has 0 saturated heterocycles. The number of nitrogens with one attached hydrogen (secondary N) is 2. The number of aliphatic imine (C=N–C) groups is 1. The van der Waals surface area contributed by atoms with Gasteiger partial charge in [0.1, 0.15) is 23.9 Å². The van der Waals surface area contributed by atoms with Gasteiger partial charge in [-0.1, -0.05) is 115 Å². The highest BCUT2D eigenvalue weighted by atomic mass is 15.3. The van der Waals surface area contributed by atoms with Gasteiger partial charge >= 0.3 is 0 Å². The van der Waals surface area contributed by atoms with Gasteiger partial charge in [-0.15, -0.1) is 0 Å². The van der Waals surface area contributed by atoms with E-state index in [1.54, 1.807) is 0 Å². The molecule has 0 radical (unpaired) electrons. The van der Waals surface area contributed by atoms with Gasteiger partial charge in [-0.05, 0) is 75.0 Å². The highest BCUT2D eigenvalue weighted by Crippen LogP contribution is 2.33. The predicted molar refractivity (Wildman–Crippen MR) is 181 cm³/mol. The van der Waals surface area contributed by atoms with Crippen LogP contribution in [0.15, 0.2) is 151 Å². The molecule has 2 atom stereocenters. The first-order valence-corrected chi connectivity index (χ1v) is 15.3. The minimum Gasteiger partial charge on any atom is -0.350 e. The lowest BCUT2D eigenvalue weighted by molar-refractivity contribution is -0.561. The molecule has 0 fully saturated rings. The lowest BCUT2D eigenvalue weighted by Crippen LogP contribution is -2.78. The number of nitrogens with two attached hydrogens (primary N) is 1. The zero-order chi connectivity index (χ0) is 29.3. The second-order valence-electron chi connectivity index (χ2n) is 11.5. The Hall–Kier alpha value is -5.29. The van der Waals surface area contributed by atoms with Crippen LogP contribution in [-0.2, 0) is 0 Å². The van der Waals surface area contributed by atoms with Crippen molar-refractivity contribution >= 4 is 28.4 Å². The van der Waals surface area contributed by atoms with Crippen molar-refractivity contribution < 1.29 is 5.32 Å². The third kappa shape index (κ3) is 5.11. The minimum atomic E-state index is -0.143. The molecule has 0 aliphatic carbocycles. The SMILES string of the molecule is C1=Cc2cccc(-c3ccc4ccc(-c5ccc(C6=NC(c7ccccc7)NC(c7ccccc7)N6)cc5)cc4c3)c2[NH2+]C1. The smallest absolute Gasteiger partial charge is 0.145 e. The summed E-state index contributed by atoms with van der Waals surface area (Å²) in [5.74, 6) is 0.888. The van der Waals surface area contributed by atoms with Crippen LogP contribution in [0.5, 0.6) is 0 Å². The second-order valence-corrected chi connectivity index (χ2v) is 11.5. The van der Waals surface area contributed by atoms with Gasteiger partial charge in [0, 0.05) is 16.7 Å². The monoisotopic (exact) mass is 569 g/mol. The molecule has 0 bridgehead atoms. The summed E-state index contributed by atoms with van der Waals surface area (Å²) >= 11 is 0. The van der Waals surface area contributed by atoms with E-state index < -0.39 is 0 Å². The molecular weight excluding hydrogens is 536 g/mol. The highest BCUT2D eigenvalue weighted by molar-refractivity contribution is 6.00. The summed E-state index contributed by atoms with van der Waals surface area (Å²) in [4.78, 5) is 5.10. The molecule has 0 saturated carbocycles. The van der Waals surface area contributed by atoms with Gasteiger partial charge in [-0.25, -0.2) is 4.99 Å². The van der Waals surface area contributed by atoms with Crippen molar-refractivity contribution in [3.8, 4) is 22.3 Å². The number of quaternary nitrogens is 1. The number of fused-ring (bicyclic) bond motifs is 2. The number of rotatable bonds is 5. The Kier molecular flexibility index (Phi) is 6.84. The van der Waals surface area contributed by atoms with E-state index in [1.165, 1.54) is 49.8 Å². The van der Waals surface area contributed by atoms with E-state index in [1.807, 2.05) is 12.1 Å². The molecule has 0 aromatic heterocycles. The number of amidine groups is 1. The molecule has 44 heavy (non-hydrogen) atoms. The molecule has 0 amide bonds. The summed E-state index contributed by atoms with van der Waals surface area (Å²) in [5.41, 5.74) is 11.0. The van der Waals surface area contributed by atoms with Crippen molar-refractivity contribution in [2.24, 2.45) is 4.99 Å². The molecule has 2 aliphatic heterocycles. The van der Waals surface area contributed by atoms with Gasteiger partial charge in [0.25, 0.3) is 0 Å². The Morgan fingerprint density at radius 2 is 1.27 bits per heavy atom. The van der Waals surface area contributed by atoms with E-state index in [0.717, 1.165) is 23.5 Å². The highest BCUT2D eigenvalue weighted by Gasteiger charge is 2.25. The van der Waals surface area contributed by atoms with E-state index in [0.29, 0.717) is 0 Å². The molecular formula is C40H33N4+. The Morgan fingerprint density at radius 3 is 2.07 bits per heavy atom. The summed E-state index contributed by atoms with van der Waals surface area (Å²) in [5, 5.41) is 12.1. The molecule has 6 aromatic carbocycles. The molecule has 0 spiro atoms. The average Bonchev–Trinajstić information content (AvgIpc) is 3.11. The fourth-order valence-corrected chi connectivity index (χ4v) is 6.33. The van der Waals surface area contributed by atoms with E-state index in [2.05, 4.69) is 155 Å². The molecule has 8 rings (SSSR count). The van der Waals surface area contributed by atoms with Crippen molar-refractivity contribution in [3.05, 3.63) is 168 Å². The van der Waals surface area contributed by atoms with Crippen molar-refractivity contribution in [1.29, 1.82) is 0 Å². The maximum absolute atomic E-state index is 5.10. The average molecular weight is 570 g/mol. The lowest BCUT2D eigenvalue weighted by atomic mass is 9.94. The fraction of sp³-hybridized carbons (Fsp3) is 0.0750. The molecule has 2 heterocycles. The van der Waals surface area contributed by atoms with Gasteiger partial charge in [0.05, 0.1) is 6.54 Å². The van der Waals surface area contributed by atoms with E-state index in [4.69, 9.17) is 4.99 Å². The minimum absolute atomic E-state index is 0.0490. The molecule has 4 heteroatoms. The van der Waals surface area contributed by atoms with Crippen molar-refractivity contribution in [3.63, 3.8) is 0 Å². The Bertz CT molecular complexity index is 2010. The third-order valence-corrected chi connectivity index (χ3v) is 8.65. The normalized spacial score (nSPS) is 17.5. The Morgan fingerprint density at radius 1 is 0.591 bits per heavy atom. The molecule has 4 nitrogen and oxygen atoms in total. The zero-order valence-corrected chi connectivity index (χ0v) is 24.3. The van der Waals surface area contributed by atoms with E-state index in [9.17, 15) is 0 Å². The van der Waals surface area contributed by atoms with Crippen LogP contribution in [-0.4, -0.2) is 12.4 Å². The second kappa shape index (κ2) is 11.4. The van der Waals surface area contributed by atoms with Crippen molar-refractivity contribution in [2.75, 3.05) is 6.54 Å². The van der Waals surface area contributed by atoms with Crippen LogP contribution in [0, 0.1) is 0 Å². The maximum atomic E-state index is 5.10. The number of benzene rings is 6. The summed E-state index contributed by atoms with van der Waals surface area (Å²) < 4.78 is 0. The van der Waals surface area contributed by atoms with Crippen LogP contribution >= 0.6 is 0 Å². The van der Waals surface area contributed by atoms with Crippen LogP contribution in [0.1, 0.15) is 34.6 Å². The summed E-state index contributed by atoms with van der Waals surface area (Å²) in [6, 6.07) is 49.8. The van der Waals surface area contributed by atoms with Crippen LogP contribution in [0.2, 0.25) is 0 Å². The Labute approximate surface area is 257 Å². The van der Waals surface area contributed by atoms with Gasteiger partial charge in [0.2, 0.25) is 0 Å². The predicted octanol–water partition coefficient (Wildman–Crippen LogP) is 7.73. The summed E-state index contributed by atoms with van der Waals surface area (Å²) in [6.07, 6.45) is 4.26. The first kappa shape index (κ1) is 26.3. The zero-order valence-electron chi connectivity index (χ0n) is 24.3. The molecule has 2 aliphatic rings. The quantitative estimate of drug-likeness (QED) is 0.186. The molecule has 4 N–H and O–H groups in total. The maximum Gasteiger partial charge on any atom is 0.145 e. The first-order valence-electron chi connectivity index (χ1n) is 15.3. The topological polar surface area (TPSA) is 53.0 Å². The van der Waals surface area contributed by atoms with Crippen LogP contribution in [0.25, 0.3) is 39.1 Å². The number of hydrogen-bond donors (Lipinski definition) is 3. The summed E-state index contributed by atoms with van der Waals surface area (Å²) in [6.45, 7) is 0.982. The number of para-hydroxylation sites is 1. The molecule has 212 valence electrons. The first-order chi connectivity index (χ1) is 21.8. The van der Waals surface area contributed by atoms with E-state index in [-0.39, 0.29) is 12.3 Å². The van der Waals surface area contributed by atoms with Gasteiger partial charge < -0.3 is 10.6 Å². The summed E-state index contributed by atoms with van der Waals surface area (Å²) in [7, 11) is 0. The van der Waals surface area contributed by atoms with Gasteiger partial charge in [-0.2, -0.15) is 0 Å². The third-order valence-electron chi connectivity index (χ3n) is 8.65. The lowest BCUT2D eigenvalue weighted by Gasteiger charge is -2.32. The van der Waals surface area contributed by atoms with Gasteiger partial charge in [-0.3, -0.25) is 5.32 Å². The Balaban J connectivity index is 1.11. The van der Waals surface area contributed by atoms with Crippen molar-refractivity contribution in [2.45, 2.75) is 12.3 Å². The molecule has 2 unspecified atom stereocenters. The van der Waals surface area contributed by atoms with Crippen molar-refractivity contribution in [1.82, 2.24) is 10.6 Å². The largest absolute Gasteiger partial charge is 0.350 e. The fourth-order valence-electron chi connectivity index (χ4n) is 6.33. The standard InChI is InChI=1S/C40H32N4/c1-3-9-30(10-4-1)38-42-39(31-11-5-2-6-12-31)44-40(43-38)32-20-16-27(17-21-32)33-22-18-28-19-23-34(26-35(28)25-33)36-15-7-13-29-14-8-24-41-37(29)36/h1-23,25-26,38-39,41-42H,24H2,(H,43,44)/p+1. The van der Waals surface area contributed by atoms with Gasteiger partial charge in [0.15, 0.2) is 0 Å². The number of hydrogen-bond acceptors (Lipinski definition) is 3. The molecule has 6 aromatic rings. The number of nitrogens with zero attached hydrogens (tertiary/aromatic N) is 1.